The molecular weight excluding hydrogens is 715 g/mol. The highest BCUT2D eigenvalue weighted by Gasteiger charge is 2.36. The second-order valence-electron chi connectivity index (χ2n) is 11.1. The number of alkyl halides is 6. The lowest BCUT2D eigenvalue weighted by atomic mass is 10.0. The predicted octanol–water partition coefficient (Wildman–Crippen LogP) is 9.18. The molecule has 0 unspecified atom stereocenters. The van der Waals surface area contributed by atoms with Crippen LogP contribution in [0.15, 0.2) is 94.7 Å². The Morgan fingerprint density at radius 1 is 0.551 bits per heavy atom. The van der Waals surface area contributed by atoms with Gasteiger partial charge in [0.2, 0.25) is 0 Å². The monoisotopic (exact) mass is 746 g/mol. The summed E-state index contributed by atoms with van der Waals surface area (Å²) < 4.78 is 145. The fraction of sp³-hybridized carbons (Fsp3) is 0.294. The summed E-state index contributed by atoms with van der Waals surface area (Å²) in [6.07, 6.45) is -9.61. The maximum atomic E-state index is 13.9. The Balaban J connectivity index is 1.42. The SMILES string of the molecule is Cc1ccc(S(=O)(=O)Oc2cccc(C(F)(F)F)c2CCCSCCCc2c(OS(=O)(=O)c3ccc(C)cc3)cccc2C(F)(F)F)cc1. The first-order valence-corrected chi connectivity index (χ1v) is 18.8. The van der Waals surface area contributed by atoms with Crippen molar-refractivity contribution in [2.75, 3.05) is 11.5 Å². The van der Waals surface area contributed by atoms with E-state index in [1.165, 1.54) is 60.3 Å². The maximum Gasteiger partial charge on any atom is 0.416 e. The molecule has 0 aliphatic heterocycles. The van der Waals surface area contributed by atoms with Crippen LogP contribution in [0, 0.1) is 13.8 Å². The summed E-state index contributed by atoms with van der Waals surface area (Å²) >= 11 is 1.27. The lowest BCUT2D eigenvalue weighted by Gasteiger charge is -2.18. The van der Waals surface area contributed by atoms with Gasteiger partial charge in [-0.05, 0) is 99.6 Å². The minimum Gasteiger partial charge on any atom is -0.379 e. The molecule has 0 atom stereocenters. The molecule has 4 aromatic carbocycles. The molecule has 0 N–H and O–H groups in total. The van der Waals surface area contributed by atoms with Gasteiger partial charge < -0.3 is 8.37 Å². The molecule has 0 radical (unpaired) electrons. The summed E-state index contributed by atoms with van der Waals surface area (Å²) in [7, 11) is -8.86. The van der Waals surface area contributed by atoms with E-state index in [0.29, 0.717) is 11.5 Å². The average molecular weight is 747 g/mol. The molecule has 0 fully saturated rings. The van der Waals surface area contributed by atoms with Gasteiger partial charge in [0, 0.05) is 11.1 Å². The molecule has 49 heavy (non-hydrogen) atoms. The van der Waals surface area contributed by atoms with Gasteiger partial charge in [0.1, 0.15) is 21.3 Å². The molecule has 0 saturated heterocycles. The largest absolute Gasteiger partial charge is 0.416 e. The first kappa shape index (κ1) is 38.1. The Morgan fingerprint density at radius 3 is 1.22 bits per heavy atom. The molecule has 0 aliphatic carbocycles. The van der Waals surface area contributed by atoms with Gasteiger partial charge in [-0.25, -0.2) is 0 Å². The summed E-state index contributed by atoms with van der Waals surface area (Å²) in [6, 6.07) is 17.4. The van der Waals surface area contributed by atoms with Crippen LogP contribution in [0.3, 0.4) is 0 Å². The third-order valence-electron chi connectivity index (χ3n) is 7.33. The third-order valence-corrected chi connectivity index (χ3v) is 11.0. The predicted molar refractivity (Wildman–Crippen MR) is 175 cm³/mol. The quantitative estimate of drug-likeness (QED) is 0.0723. The van der Waals surface area contributed by atoms with E-state index in [2.05, 4.69) is 0 Å². The van der Waals surface area contributed by atoms with Gasteiger partial charge in [-0.1, -0.05) is 47.5 Å². The van der Waals surface area contributed by atoms with Crippen molar-refractivity contribution in [3.05, 3.63) is 118 Å². The van der Waals surface area contributed by atoms with E-state index in [-0.39, 0.29) is 46.6 Å². The zero-order valence-corrected chi connectivity index (χ0v) is 28.7. The van der Waals surface area contributed by atoms with Crippen LogP contribution in [0.25, 0.3) is 0 Å². The van der Waals surface area contributed by atoms with Crippen molar-refractivity contribution in [3.8, 4) is 11.5 Å². The number of hydrogen-bond acceptors (Lipinski definition) is 7. The summed E-state index contributed by atoms with van der Waals surface area (Å²) in [6.45, 7) is 3.49. The minimum absolute atomic E-state index is 0.168. The van der Waals surface area contributed by atoms with Gasteiger partial charge in [-0.3, -0.25) is 0 Å². The van der Waals surface area contributed by atoms with Crippen molar-refractivity contribution < 1.29 is 51.5 Å². The Hall–Kier alpha value is -3.69. The molecule has 0 spiro atoms. The zero-order valence-electron chi connectivity index (χ0n) is 26.3. The summed E-state index contributed by atoms with van der Waals surface area (Å²) in [5.74, 6) is -0.306. The van der Waals surface area contributed by atoms with Gasteiger partial charge in [0.25, 0.3) is 0 Å². The van der Waals surface area contributed by atoms with Crippen LogP contribution in [-0.2, 0) is 45.4 Å². The minimum atomic E-state index is -4.78. The molecule has 4 aromatic rings. The number of thioether (sulfide) groups is 1. The van der Waals surface area contributed by atoms with E-state index >= 15 is 0 Å². The van der Waals surface area contributed by atoms with Crippen LogP contribution in [0.2, 0.25) is 0 Å². The Morgan fingerprint density at radius 2 is 0.898 bits per heavy atom. The van der Waals surface area contributed by atoms with Crippen LogP contribution in [0.1, 0.15) is 46.2 Å². The Bertz CT molecular complexity index is 1810. The number of halogens is 6. The highest BCUT2D eigenvalue weighted by Crippen LogP contribution is 2.39. The van der Waals surface area contributed by atoms with E-state index in [9.17, 15) is 43.2 Å². The molecule has 0 bridgehead atoms. The molecule has 0 saturated carbocycles. The fourth-order valence-corrected chi connectivity index (χ4v) is 7.70. The van der Waals surface area contributed by atoms with Gasteiger partial charge in [-0.2, -0.15) is 54.9 Å². The number of hydrogen-bond donors (Lipinski definition) is 0. The molecule has 6 nitrogen and oxygen atoms in total. The van der Waals surface area contributed by atoms with E-state index in [4.69, 9.17) is 8.37 Å². The third kappa shape index (κ3) is 10.2. The first-order valence-electron chi connectivity index (χ1n) is 14.9. The molecule has 0 aromatic heterocycles. The number of aryl methyl sites for hydroxylation is 2. The van der Waals surface area contributed by atoms with Crippen molar-refractivity contribution in [1.82, 2.24) is 0 Å². The normalized spacial score (nSPS) is 12.6. The van der Waals surface area contributed by atoms with Crippen LogP contribution in [0.4, 0.5) is 26.3 Å². The standard InChI is InChI=1S/C34H32F6O6S3/c1-23-13-17-25(18-14-23)48(41,42)45-31-11-3-9-29(33(35,36)37)27(31)7-5-21-47-22-6-8-28-30(34(38,39)40)10-4-12-32(28)46-49(43,44)26-19-15-24(2)16-20-26/h3-4,9-20H,5-8,21-22H2,1-2H3. The zero-order chi connectivity index (χ0) is 36.0. The second kappa shape index (κ2) is 15.5. The number of rotatable bonds is 14. The van der Waals surface area contributed by atoms with Crippen LogP contribution < -0.4 is 8.37 Å². The summed E-state index contributed by atoms with van der Waals surface area (Å²) in [4.78, 5) is -0.434. The Labute approximate surface area is 285 Å². The molecule has 0 amide bonds. The molecule has 4 rings (SSSR count). The molecule has 0 heterocycles. The molecule has 264 valence electrons. The first-order chi connectivity index (χ1) is 22.9. The van der Waals surface area contributed by atoms with Crippen molar-refractivity contribution in [2.45, 2.75) is 61.7 Å². The van der Waals surface area contributed by atoms with Gasteiger partial charge in [0.15, 0.2) is 0 Å². The topological polar surface area (TPSA) is 86.7 Å². The van der Waals surface area contributed by atoms with Crippen molar-refractivity contribution >= 4 is 32.0 Å². The van der Waals surface area contributed by atoms with Crippen LogP contribution in [-0.4, -0.2) is 28.3 Å². The van der Waals surface area contributed by atoms with Gasteiger partial charge in [-0.15, -0.1) is 0 Å². The van der Waals surface area contributed by atoms with Crippen molar-refractivity contribution in [3.63, 3.8) is 0 Å². The number of benzene rings is 4. The van der Waals surface area contributed by atoms with Gasteiger partial charge in [0.05, 0.1) is 11.1 Å². The fourth-order valence-electron chi connectivity index (χ4n) is 4.88. The average Bonchev–Trinajstić information content (AvgIpc) is 3.00. The van der Waals surface area contributed by atoms with Crippen molar-refractivity contribution in [2.24, 2.45) is 0 Å². The second-order valence-corrected chi connectivity index (χ2v) is 15.4. The van der Waals surface area contributed by atoms with E-state index in [1.54, 1.807) is 13.8 Å². The highest BCUT2D eigenvalue weighted by molar-refractivity contribution is 7.99. The lowest BCUT2D eigenvalue weighted by Crippen LogP contribution is -2.15. The van der Waals surface area contributed by atoms with Crippen molar-refractivity contribution in [1.29, 1.82) is 0 Å². The summed E-state index contributed by atoms with van der Waals surface area (Å²) in [5, 5.41) is 0. The van der Waals surface area contributed by atoms with Crippen LogP contribution in [0.5, 0.6) is 11.5 Å². The lowest BCUT2D eigenvalue weighted by molar-refractivity contribution is -0.139. The molecule has 15 heteroatoms. The highest BCUT2D eigenvalue weighted by atomic mass is 32.2. The van der Waals surface area contributed by atoms with Gasteiger partial charge >= 0.3 is 32.6 Å². The van der Waals surface area contributed by atoms with Crippen LogP contribution >= 0.6 is 11.8 Å². The van der Waals surface area contributed by atoms with E-state index in [0.717, 1.165) is 47.5 Å². The van der Waals surface area contributed by atoms with E-state index < -0.39 is 55.2 Å². The molecular formula is C34H32F6O6S3. The molecule has 0 aliphatic rings. The maximum absolute atomic E-state index is 13.9. The summed E-state index contributed by atoms with van der Waals surface area (Å²) in [5.41, 5.74) is -1.18. The Kier molecular flexibility index (Phi) is 12.0. The smallest absolute Gasteiger partial charge is 0.379 e. The van der Waals surface area contributed by atoms with E-state index in [1.807, 2.05) is 0 Å².